The molecule has 5 nitrogen and oxygen atoms in total. The highest BCUT2D eigenvalue weighted by molar-refractivity contribution is 6.35. The van der Waals surface area contributed by atoms with Gasteiger partial charge in [0.05, 0.1) is 0 Å². The van der Waals surface area contributed by atoms with Crippen LogP contribution < -0.4 is 5.32 Å². The molecule has 0 aliphatic carbocycles. The first-order chi connectivity index (χ1) is 16.0. The molecule has 2 aliphatic heterocycles. The van der Waals surface area contributed by atoms with Crippen molar-refractivity contribution >= 4 is 35.0 Å². The van der Waals surface area contributed by atoms with E-state index in [1.165, 1.54) is 5.56 Å². The average Bonchev–Trinajstić information content (AvgIpc) is 2.84. The summed E-state index contributed by atoms with van der Waals surface area (Å²) in [5.41, 5.74) is 1.79. The van der Waals surface area contributed by atoms with E-state index in [0.29, 0.717) is 28.2 Å². The number of carbonyl (C=O) groups is 2. The molecule has 2 saturated heterocycles. The minimum absolute atomic E-state index is 0.0104. The molecule has 0 unspecified atom stereocenters. The van der Waals surface area contributed by atoms with Gasteiger partial charge in [0.1, 0.15) is 0 Å². The predicted octanol–water partition coefficient (Wildman–Crippen LogP) is 4.67. The Bertz CT molecular complexity index is 933. The number of nitrogens with one attached hydrogen (secondary N) is 1. The summed E-state index contributed by atoms with van der Waals surface area (Å²) < 4.78 is 0. The summed E-state index contributed by atoms with van der Waals surface area (Å²) in [4.78, 5) is 29.8. The Balaban J connectivity index is 1.18. The molecule has 2 aliphatic rings. The maximum absolute atomic E-state index is 12.8. The average molecular weight is 488 g/mol. The summed E-state index contributed by atoms with van der Waals surface area (Å²) in [6.45, 7) is 4.03. The molecule has 0 radical (unpaired) electrons. The normalized spacial score (nSPS) is 18.3. The van der Waals surface area contributed by atoms with Crippen molar-refractivity contribution in [3.63, 3.8) is 0 Å². The molecule has 0 aromatic heterocycles. The van der Waals surface area contributed by atoms with Gasteiger partial charge in [0, 0.05) is 47.2 Å². The number of rotatable bonds is 6. The largest absolute Gasteiger partial charge is 0.356 e. The van der Waals surface area contributed by atoms with Crippen LogP contribution in [0.25, 0.3) is 0 Å². The molecule has 33 heavy (non-hydrogen) atoms. The number of carbonyl (C=O) groups excluding carboxylic acids is 2. The van der Waals surface area contributed by atoms with E-state index >= 15 is 0 Å². The second kappa shape index (κ2) is 11.4. The summed E-state index contributed by atoms with van der Waals surface area (Å²) in [6.07, 6.45) is 4.57. The van der Waals surface area contributed by atoms with Crippen molar-refractivity contribution in [3.05, 3.63) is 69.7 Å². The lowest BCUT2D eigenvalue weighted by Gasteiger charge is -2.41. The molecule has 0 atom stereocenters. The van der Waals surface area contributed by atoms with Gasteiger partial charge in [-0.15, -0.1) is 0 Å². The van der Waals surface area contributed by atoms with Crippen molar-refractivity contribution < 1.29 is 9.59 Å². The van der Waals surface area contributed by atoms with E-state index in [-0.39, 0.29) is 17.7 Å². The van der Waals surface area contributed by atoms with Crippen LogP contribution in [0.4, 0.5) is 0 Å². The van der Waals surface area contributed by atoms with Gasteiger partial charge in [0.2, 0.25) is 5.91 Å². The van der Waals surface area contributed by atoms with Crippen LogP contribution in [-0.4, -0.2) is 60.4 Å². The maximum Gasteiger partial charge on any atom is 0.253 e. The molecule has 176 valence electrons. The summed E-state index contributed by atoms with van der Waals surface area (Å²) in [5, 5.41) is 4.08. The number of amides is 2. The Labute approximate surface area is 206 Å². The van der Waals surface area contributed by atoms with Gasteiger partial charge in [-0.25, -0.2) is 0 Å². The maximum atomic E-state index is 12.8. The van der Waals surface area contributed by atoms with E-state index in [2.05, 4.69) is 22.3 Å². The minimum atomic E-state index is -0.0104. The first-order valence-electron chi connectivity index (χ1n) is 11.8. The molecule has 7 heteroatoms. The van der Waals surface area contributed by atoms with Gasteiger partial charge in [-0.2, -0.15) is 0 Å². The first kappa shape index (κ1) is 24.1. The zero-order valence-electron chi connectivity index (χ0n) is 18.8. The summed E-state index contributed by atoms with van der Waals surface area (Å²) >= 11 is 12.1. The van der Waals surface area contributed by atoms with Crippen LogP contribution >= 0.6 is 23.2 Å². The fourth-order valence-corrected chi connectivity index (χ4v) is 5.47. The van der Waals surface area contributed by atoms with Gasteiger partial charge >= 0.3 is 0 Å². The second-order valence-electron chi connectivity index (χ2n) is 9.02. The van der Waals surface area contributed by atoms with Crippen LogP contribution in [0.1, 0.15) is 41.6 Å². The van der Waals surface area contributed by atoms with Crippen LogP contribution in [0.15, 0.2) is 48.5 Å². The molecule has 4 rings (SSSR count). The van der Waals surface area contributed by atoms with E-state index < -0.39 is 0 Å². The highest BCUT2D eigenvalue weighted by Gasteiger charge is 2.31. The van der Waals surface area contributed by atoms with Crippen molar-refractivity contribution in [2.45, 2.75) is 38.1 Å². The lowest BCUT2D eigenvalue weighted by atomic mass is 9.92. The Morgan fingerprint density at radius 3 is 2.15 bits per heavy atom. The third-order valence-electron chi connectivity index (χ3n) is 6.83. The number of benzene rings is 2. The third kappa shape index (κ3) is 6.50. The third-order valence-corrected chi connectivity index (χ3v) is 7.27. The van der Waals surface area contributed by atoms with Crippen molar-refractivity contribution in [3.8, 4) is 0 Å². The van der Waals surface area contributed by atoms with Gasteiger partial charge < -0.3 is 15.1 Å². The van der Waals surface area contributed by atoms with Crippen molar-refractivity contribution in [1.82, 2.24) is 15.1 Å². The van der Waals surface area contributed by atoms with Crippen LogP contribution in [0.5, 0.6) is 0 Å². The molecule has 2 heterocycles. The summed E-state index contributed by atoms with van der Waals surface area (Å²) in [7, 11) is 0. The summed E-state index contributed by atoms with van der Waals surface area (Å²) in [6, 6.07) is 15.7. The molecular formula is C26H31Cl2N3O2. The zero-order chi connectivity index (χ0) is 23.2. The topological polar surface area (TPSA) is 52.7 Å². The van der Waals surface area contributed by atoms with E-state index in [4.69, 9.17) is 23.2 Å². The molecule has 2 amide bonds. The van der Waals surface area contributed by atoms with Crippen LogP contribution in [0, 0.1) is 5.92 Å². The second-order valence-corrected chi connectivity index (χ2v) is 9.89. The standard InChI is InChI=1S/C26H31Cl2N3O2/c27-22-16-21(17-23(28)18-22)26(33)31-14-9-24(10-15-31)30-12-7-20(8-13-30)25(32)29-11-6-19-4-2-1-3-5-19/h1-5,16-18,20,24H,6-15H2,(H,29,32). The Kier molecular flexibility index (Phi) is 8.29. The van der Waals surface area contributed by atoms with Crippen LogP contribution in [-0.2, 0) is 11.2 Å². The summed E-state index contributed by atoms with van der Waals surface area (Å²) in [5.74, 6) is 0.279. The quantitative estimate of drug-likeness (QED) is 0.643. The molecule has 0 bridgehead atoms. The highest BCUT2D eigenvalue weighted by atomic mass is 35.5. The highest BCUT2D eigenvalue weighted by Crippen LogP contribution is 2.26. The number of likely N-dealkylation sites (tertiary alicyclic amines) is 2. The smallest absolute Gasteiger partial charge is 0.253 e. The van der Waals surface area contributed by atoms with Crippen LogP contribution in [0.3, 0.4) is 0 Å². The fraction of sp³-hybridized carbons (Fsp3) is 0.462. The molecule has 2 aromatic rings. The van der Waals surface area contributed by atoms with Crippen molar-refractivity contribution in [2.24, 2.45) is 5.92 Å². The number of hydrogen-bond acceptors (Lipinski definition) is 3. The zero-order valence-corrected chi connectivity index (χ0v) is 20.3. The number of piperidine rings is 2. The Morgan fingerprint density at radius 2 is 1.52 bits per heavy atom. The lowest BCUT2D eigenvalue weighted by molar-refractivity contribution is -0.126. The fourth-order valence-electron chi connectivity index (χ4n) is 4.94. The van der Waals surface area contributed by atoms with E-state index in [1.54, 1.807) is 18.2 Å². The van der Waals surface area contributed by atoms with Gasteiger partial charge in [-0.05, 0) is 69.0 Å². The van der Waals surface area contributed by atoms with Crippen molar-refractivity contribution in [1.29, 1.82) is 0 Å². The minimum Gasteiger partial charge on any atom is -0.356 e. The van der Waals surface area contributed by atoms with Crippen LogP contribution in [0.2, 0.25) is 10.0 Å². The first-order valence-corrected chi connectivity index (χ1v) is 12.6. The molecule has 2 fully saturated rings. The van der Waals surface area contributed by atoms with Gasteiger partial charge in [0.25, 0.3) is 5.91 Å². The number of halogens is 2. The number of hydrogen-bond donors (Lipinski definition) is 1. The van der Waals surface area contributed by atoms with Gasteiger partial charge in [0.15, 0.2) is 0 Å². The lowest BCUT2D eigenvalue weighted by Crippen LogP contribution is -2.50. The SMILES string of the molecule is O=C(NCCc1ccccc1)C1CCN(C2CCN(C(=O)c3cc(Cl)cc(Cl)c3)CC2)CC1. The van der Waals surface area contributed by atoms with E-state index in [0.717, 1.165) is 58.3 Å². The molecule has 1 N–H and O–H groups in total. The monoisotopic (exact) mass is 487 g/mol. The Morgan fingerprint density at radius 1 is 0.879 bits per heavy atom. The Hall–Kier alpha value is -2.08. The number of nitrogens with zero attached hydrogens (tertiary/aromatic N) is 2. The van der Waals surface area contributed by atoms with Gasteiger partial charge in [-0.1, -0.05) is 53.5 Å². The molecule has 0 saturated carbocycles. The van der Waals surface area contributed by atoms with E-state index in [1.807, 2.05) is 23.1 Å². The van der Waals surface area contributed by atoms with Crippen molar-refractivity contribution in [2.75, 3.05) is 32.7 Å². The molecule has 0 spiro atoms. The predicted molar refractivity (Wildman–Crippen MR) is 133 cm³/mol. The van der Waals surface area contributed by atoms with E-state index in [9.17, 15) is 9.59 Å². The van der Waals surface area contributed by atoms with Gasteiger partial charge in [-0.3, -0.25) is 9.59 Å². The molecular weight excluding hydrogens is 457 g/mol. The molecule has 2 aromatic carbocycles.